The van der Waals surface area contributed by atoms with Gasteiger partial charge in [-0.3, -0.25) is 4.79 Å². The van der Waals surface area contributed by atoms with Crippen molar-refractivity contribution in [3.63, 3.8) is 0 Å². The number of ether oxygens (including phenoxy) is 2. The van der Waals surface area contributed by atoms with Crippen molar-refractivity contribution in [3.8, 4) is 0 Å². The van der Waals surface area contributed by atoms with Gasteiger partial charge in [-0.05, 0) is 53.4 Å². The summed E-state index contributed by atoms with van der Waals surface area (Å²) in [6.07, 6.45) is 3.35. The topological polar surface area (TPSA) is 55.8 Å². The van der Waals surface area contributed by atoms with Gasteiger partial charge in [-0.1, -0.05) is 0 Å². The molecule has 0 aromatic heterocycles. The first-order chi connectivity index (χ1) is 8.67. The maximum absolute atomic E-state index is 12.1. The summed E-state index contributed by atoms with van der Waals surface area (Å²) in [5, 5.41) is 9.91. The van der Waals surface area contributed by atoms with Gasteiger partial charge in [-0.25, -0.2) is 0 Å². The van der Waals surface area contributed by atoms with E-state index in [0.29, 0.717) is 6.42 Å². The minimum Gasteiger partial charge on any atom is -0.481 e. The third-order valence-electron chi connectivity index (χ3n) is 5.34. The van der Waals surface area contributed by atoms with Crippen molar-refractivity contribution in [2.45, 2.75) is 76.8 Å². The number of rotatable bonds is 2. The first-order valence-electron chi connectivity index (χ1n) is 7.26. The molecule has 4 heteroatoms. The number of aliphatic carboxylic acids is 1. The molecule has 0 aromatic carbocycles. The summed E-state index contributed by atoms with van der Waals surface area (Å²) >= 11 is 0. The standard InChI is InChI=1S/C15H24O4/c1-13(2)8-10(14(3,4)19-13)15(12(16)17)7-9-5-6-11(15)18-9/h9-11H,5-8H2,1-4H3,(H,16,17). The summed E-state index contributed by atoms with van der Waals surface area (Å²) in [5.41, 5.74) is -1.41. The zero-order chi connectivity index (χ0) is 14.1. The molecule has 0 saturated carbocycles. The van der Waals surface area contributed by atoms with Crippen molar-refractivity contribution in [1.82, 2.24) is 0 Å². The Bertz CT molecular complexity index is 414. The number of carboxylic acid groups (broad SMARTS) is 1. The molecule has 4 unspecified atom stereocenters. The van der Waals surface area contributed by atoms with Gasteiger partial charge in [0.25, 0.3) is 0 Å². The molecule has 1 N–H and O–H groups in total. The van der Waals surface area contributed by atoms with Crippen LogP contribution in [-0.4, -0.2) is 34.5 Å². The highest BCUT2D eigenvalue weighted by molar-refractivity contribution is 5.77. The van der Waals surface area contributed by atoms with Crippen molar-refractivity contribution in [2.75, 3.05) is 0 Å². The molecule has 0 aliphatic carbocycles. The average Bonchev–Trinajstić information content (AvgIpc) is 2.88. The average molecular weight is 268 g/mol. The number of hydrogen-bond donors (Lipinski definition) is 1. The van der Waals surface area contributed by atoms with Gasteiger partial charge in [0.05, 0.1) is 23.4 Å². The summed E-state index contributed by atoms with van der Waals surface area (Å²) in [7, 11) is 0. The minimum atomic E-state index is -0.750. The van der Waals surface area contributed by atoms with E-state index in [-0.39, 0.29) is 23.7 Å². The van der Waals surface area contributed by atoms with Gasteiger partial charge < -0.3 is 14.6 Å². The molecule has 0 aromatic rings. The van der Waals surface area contributed by atoms with Crippen molar-refractivity contribution in [3.05, 3.63) is 0 Å². The lowest BCUT2D eigenvalue weighted by Gasteiger charge is -2.41. The molecule has 3 rings (SSSR count). The lowest BCUT2D eigenvalue weighted by Crippen LogP contribution is -2.52. The zero-order valence-corrected chi connectivity index (χ0v) is 12.2. The fourth-order valence-electron chi connectivity index (χ4n) is 4.85. The van der Waals surface area contributed by atoms with Crippen LogP contribution < -0.4 is 0 Å². The molecule has 0 spiro atoms. The van der Waals surface area contributed by atoms with Crippen molar-refractivity contribution in [2.24, 2.45) is 11.3 Å². The Morgan fingerprint density at radius 2 is 1.84 bits per heavy atom. The van der Waals surface area contributed by atoms with Crippen molar-refractivity contribution >= 4 is 5.97 Å². The molecule has 19 heavy (non-hydrogen) atoms. The molecule has 108 valence electrons. The Labute approximate surface area is 114 Å². The van der Waals surface area contributed by atoms with E-state index in [1.807, 2.05) is 13.8 Å². The highest BCUT2D eigenvalue weighted by Gasteiger charge is 2.67. The SMILES string of the molecule is CC1(C)CC(C2(C(=O)O)CC3CCC2O3)C(C)(C)O1. The Morgan fingerprint density at radius 1 is 1.16 bits per heavy atom. The number of carboxylic acids is 1. The molecule has 0 radical (unpaired) electrons. The summed E-state index contributed by atoms with van der Waals surface area (Å²) in [6, 6.07) is 0. The lowest BCUT2D eigenvalue weighted by atomic mass is 9.60. The van der Waals surface area contributed by atoms with E-state index in [9.17, 15) is 9.90 Å². The van der Waals surface area contributed by atoms with Crippen LogP contribution >= 0.6 is 0 Å². The van der Waals surface area contributed by atoms with Crippen LogP contribution in [0.2, 0.25) is 0 Å². The third-order valence-corrected chi connectivity index (χ3v) is 5.34. The van der Waals surface area contributed by atoms with E-state index in [2.05, 4.69) is 13.8 Å². The van der Waals surface area contributed by atoms with E-state index in [0.717, 1.165) is 19.3 Å². The van der Waals surface area contributed by atoms with Gasteiger partial charge in [-0.2, -0.15) is 0 Å². The molecule has 3 aliphatic heterocycles. The first-order valence-corrected chi connectivity index (χ1v) is 7.26. The van der Waals surface area contributed by atoms with E-state index in [1.54, 1.807) is 0 Å². The van der Waals surface area contributed by atoms with Crippen LogP contribution in [0, 0.1) is 11.3 Å². The summed E-state index contributed by atoms with van der Waals surface area (Å²) in [5.74, 6) is -0.679. The molecule has 3 aliphatic rings. The lowest BCUT2D eigenvalue weighted by molar-refractivity contribution is -0.164. The molecule has 3 heterocycles. The predicted molar refractivity (Wildman–Crippen MR) is 69.9 cm³/mol. The largest absolute Gasteiger partial charge is 0.481 e. The van der Waals surface area contributed by atoms with Crippen LogP contribution in [0.4, 0.5) is 0 Å². The maximum atomic E-state index is 12.1. The summed E-state index contributed by atoms with van der Waals surface area (Å²) in [6.45, 7) is 8.17. The van der Waals surface area contributed by atoms with Crippen LogP contribution in [0.1, 0.15) is 53.4 Å². The quantitative estimate of drug-likeness (QED) is 0.836. The highest BCUT2D eigenvalue weighted by atomic mass is 16.5. The zero-order valence-electron chi connectivity index (χ0n) is 12.2. The van der Waals surface area contributed by atoms with Crippen LogP contribution in [0.25, 0.3) is 0 Å². The van der Waals surface area contributed by atoms with Crippen LogP contribution in [-0.2, 0) is 14.3 Å². The molecule has 4 nitrogen and oxygen atoms in total. The minimum absolute atomic E-state index is 0.0165. The van der Waals surface area contributed by atoms with Gasteiger partial charge in [0, 0.05) is 5.92 Å². The van der Waals surface area contributed by atoms with E-state index in [1.165, 1.54) is 0 Å². The Hall–Kier alpha value is -0.610. The van der Waals surface area contributed by atoms with Crippen molar-refractivity contribution in [1.29, 1.82) is 0 Å². The molecule has 3 fully saturated rings. The van der Waals surface area contributed by atoms with Gasteiger partial charge in [0.2, 0.25) is 0 Å². The number of carbonyl (C=O) groups is 1. The summed E-state index contributed by atoms with van der Waals surface area (Å²) in [4.78, 5) is 12.1. The number of hydrogen-bond acceptors (Lipinski definition) is 3. The summed E-state index contributed by atoms with van der Waals surface area (Å²) < 4.78 is 12.0. The van der Waals surface area contributed by atoms with Gasteiger partial charge in [0.15, 0.2) is 0 Å². The highest BCUT2D eigenvalue weighted by Crippen LogP contribution is 2.60. The first kappa shape index (κ1) is 13.4. The normalized spacial score (nSPS) is 46.6. The molecule has 4 atom stereocenters. The molecular formula is C15H24O4. The molecule has 2 bridgehead atoms. The molecular weight excluding hydrogens is 244 g/mol. The smallest absolute Gasteiger partial charge is 0.312 e. The van der Waals surface area contributed by atoms with Crippen LogP contribution in [0.3, 0.4) is 0 Å². The third kappa shape index (κ3) is 1.76. The van der Waals surface area contributed by atoms with E-state index < -0.39 is 17.0 Å². The second-order valence-electron chi connectivity index (χ2n) is 7.60. The monoisotopic (exact) mass is 268 g/mol. The van der Waals surface area contributed by atoms with Crippen LogP contribution in [0.5, 0.6) is 0 Å². The Kier molecular flexibility index (Phi) is 2.63. The molecule has 3 saturated heterocycles. The van der Waals surface area contributed by atoms with Gasteiger partial charge in [0.1, 0.15) is 5.41 Å². The van der Waals surface area contributed by atoms with Crippen LogP contribution in [0.15, 0.2) is 0 Å². The van der Waals surface area contributed by atoms with E-state index in [4.69, 9.17) is 9.47 Å². The number of fused-ring (bicyclic) bond motifs is 2. The fourth-order valence-corrected chi connectivity index (χ4v) is 4.85. The van der Waals surface area contributed by atoms with Gasteiger partial charge in [-0.15, -0.1) is 0 Å². The fraction of sp³-hybridized carbons (Fsp3) is 0.933. The van der Waals surface area contributed by atoms with E-state index >= 15 is 0 Å². The second-order valence-corrected chi connectivity index (χ2v) is 7.60. The Balaban J connectivity index is 2.01. The maximum Gasteiger partial charge on any atom is 0.312 e. The second kappa shape index (κ2) is 3.73. The Morgan fingerprint density at radius 3 is 2.21 bits per heavy atom. The van der Waals surface area contributed by atoms with Crippen molar-refractivity contribution < 1.29 is 19.4 Å². The van der Waals surface area contributed by atoms with Gasteiger partial charge >= 0.3 is 5.97 Å². The predicted octanol–water partition coefficient (Wildman–Crippen LogP) is 2.60. The molecule has 0 amide bonds.